The summed E-state index contributed by atoms with van der Waals surface area (Å²) in [5, 5.41) is 0. The monoisotopic (exact) mass is 288 g/mol. The molecule has 1 heterocycles. The number of carbonyl (C=O) groups excluding carboxylic acids is 1. The minimum atomic E-state index is 0. The first-order valence-electron chi connectivity index (χ1n) is 7.74. The van der Waals surface area contributed by atoms with E-state index in [0.29, 0.717) is 18.2 Å². The summed E-state index contributed by atoms with van der Waals surface area (Å²) in [5.41, 5.74) is 6.06. The van der Waals surface area contributed by atoms with Gasteiger partial charge >= 0.3 is 0 Å². The molecular formula is C15H29ClN2O. The zero-order chi connectivity index (χ0) is 13.0. The number of likely N-dealkylation sites (tertiary alicyclic amines) is 1. The topological polar surface area (TPSA) is 46.3 Å². The summed E-state index contributed by atoms with van der Waals surface area (Å²) in [6, 6.07) is 0.269. The summed E-state index contributed by atoms with van der Waals surface area (Å²) in [4.78, 5) is 14.4. The van der Waals surface area contributed by atoms with E-state index in [4.69, 9.17) is 5.73 Å². The minimum absolute atomic E-state index is 0. The molecule has 1 aliphatic carbocycles. The summed E-state index contributed by atoms with van der Waals surface area (Å²) in [6.07, 6.45) is 9.16. The van der Waals surface area contributed by atoms with E-state index in [0.717, 1.165) is 31.8 Å². The molecule has 2 rings (SSSR count). The predicted molar refractivity (Wildman–Crippen MR) is 81.4 cm³/mol. The molecule has 1 unspecified atom stereocenters. The number of nitrogens with zero attached hydrogens (tertiary/aromatic N) is 1. The summed E-state index contributed by atoms with van der Waals surface area (Å²) >= 11 is 0. The minimum Gasteiger partial charge on any atom is -0.342 e. The molecule has 0 aromatic carbocycles. The van der Waals surface area contributed by atoms with Gasteiger partial charge in [-0.1, -0.05) is 19.8 Å². The number of rotatable bonds is 4. The number of amides is 1. The molecule has 0 bridgehead atoms. The van der Waals surface area contributed by atoms with Gasteiger partial charge in [0.15, 0.2) is 0 Å². The van der Waals surface area contributed by atoms with Crippen molar-refractivity contribution in [2.75, 3.05) is 13.1 Å². The number of hydrogen-bond acceptors (Lipinski definition) is 2. The van der Waals surface area contributed by atoms with Crippen molar-refractivity contribution in [1.82, 2.24) is 4.90 Å². The Morgan fingerprint density at radius 2 is 2.05 bits per heavy atom. The van der Waals surface area contributed by atoms with Crippen LogP contribution in [0.4, 0.5) is 0 Å². The van der Waals surface area contributed by atoms with Crippen LogP contribution in [0.25, 0.3) is 0 Å². The van der Waals surface area contributed by atoms with Crippen LogP contribution in [0.3, 0.4) is 0 Å². The van der Waals surface area contributed by atoms with Crippen molar-refractivity contribution < 1.29 is 4.79 Å². The second-order valence-corrected chi connectivity index (χ2v) is 6.20. The molecule has 0 aromatic heterocycles. The van der Waals surface area contributed by atoms with E-state index in [1.165, 1.54) is 32.1 Å². The molecule has 2 N–H and O–H groups in total. The first kappa shape index (κ1) is 16.8. The Balaban J connectivity index is 0.00000180. The predicted octanol–water partition coefficient (Wildman–Crippen LogP) is 2.96. The van der Waals surface area contributed by atoms with Crippen LogP contribution in [-0.4, -0.2) is 29.9 Å². The smallest absolute Gasteiger partial charge is 0.222 e. The highest BCUT2D eigenvalue weighted by Gasteiger charge is 2.29. The van der Waals surface area contributed by atoms with Gasteiger partial charge in [0.05, 0.1) is 0 Å². The van der Waals surface area contributed by atoms with Gasteiger partial charge in [-0.3, -0.25) is 4.79 Å². The Morgan fingerprint density at radius 3 is 2.68 bits per heavy atom. The highest BCUT2D eigenvalue weighted by molar-refractivity contribution is 5.85. The highest BCUT2D eigenvalue weighted by atomic mass is 35.5. The third kappa shape index (κ3) is 4.64. The largest absolute Gasteiger partial charge is 0.342 e. The number of nitrogens with two attached hydrogens (primary N) is 1. The fourth-order valence-electron chi connectivity index (χ4n) is 3.61. The molecule has 2 aliphatic rings. The SMILES string of the molecule is CCCC1CCCN(C(=O)C[C@@H]2CCC[C@H]2N)C1.Cl. The lowest BCUT2D eigenvalue weighted by Crippen LogP contribution is -2.41. The molecule has 1 saturated carbocycles. The van der Waals surface area contributed by atoms with Crippen LogP contribution in [0.2, 0.25) is 0 Å². The molecule has 2 fully saturated rings. The Hall–Kier alpha value is -0.280. The first-order chi connectivity index (χ1) is 8.70. The fourth-order valence-corrected chi connectivity index (χ4v) is 3.61. The van der Waals surface area contributed by atoms with Crippen molar-refractivity contribution in [3.05, 3.63) is 0 Å². The van der Waals surface area contributed by atoms with E-state index in [2.05, 4.69) is 11.8 Å². The molecule has 3 atom stereocenters. The number of piperidine rings is 1. The lowest BCUT2D eigenvalue weighted by molar-refractivity contribution is -0.134. The Labute approximate surface area is 123 Å². The van der Waals surface area contributed by atoms with Crippen LogP contribution >= 0.6 is 12.4 Å². The van der Waals surface area contributed by atoms with Crippen molar-refractivity contribution >= 4 is 18.3 Å². The van der Waals surface area contributed by atoms with Crippen molar-refractivity contribution in [2.45, 2.75) is 64.3 Å². The van der Waals surface area contributed by atoms with E-state index in [-0.39, 0.29) is 18.4 Å². The molecular weight excluding hydrogens is 260 g/mol. The van der Waals surface area contributed by atoms with Gasteiger partial charge in [0, 0.05) is 25.6 Å². The molecule has 1 saturated heterocycles. The maximum Gasteiger partial charge on any atom is 0.222 e. The third-order valence-electron chi connectivity index (χ3n) is 4.72. The van der Waals surface area contributed by atoms with Gasteiger partial charge < -0.3 is 10.6 Å². The van der Waals surface area contributed by atoms with Crippen molar-refractivity contribution in [3.8, 4) is 0 Å². The van der Waals surface area contributed by atoms with Crippen molar-refractivity contribution in [2.24, 2.45) is 17.6 Å². The molecule has 1 aliphatic heterocycles. The molecule has 3 nitrogen and oxygen atoms in total. The lowest BCUT2D eigenvalue weighted by Gasteiger charge is -2.33. The van der Waals surface area contributed by atoms with Gasteiger partial charge in [-0.15, -0.1) is 12.4 Å². The molecule has 0 radical (unpaired) electrons. The van der Waals surface area contributed by atoms with Gasteiger partial charge in [0.25, 0.3) is 0 Å². The van der Waals surface area contributed by atoms with Crippen LogP contribution in [0.1, 0.15) is 58.3 Å². The molecule has 1 amide bonds. The second-order valence-electron chi connectivity index (χ2n) is 6.20. The quantitative estimate of drug-likeness (QED) is 0.864. The Bertz CT molecular complexity index is 283. The van der Waals surface area contributed by atoms with Crippen LogP contribution in [-0.2, 0) is 4.79 Å². The van der Waals surface area contributed by atoms with Crippen LogP contribution in [0.5, 0.6) is 0 Å². The van der Waals surface area contributed by atoms with E-state index in [1.54, 1.807) is 0 Å². The molecule has 4 heteroatoms. The molecule has 0 spiro atoms. The van der Waals surface area contributed by atoms with E-state index < -0.39 is 0 Å². The second kappa shape index (κ2) is 8.11. The summed E-state index contributed by atoms with van der Waals surface area (Å²) in [5.74, 6) is 1.55. The fraction of sp³-hybridized carbons (Fsp3) is 0.933. The van der Waals surface area contributed by atoms with E-state index >= 15 is 0 Å². The standard InChI is InChI=1S/C15H28N2O.ClH/c1-2-5-12-6-4-9-17(11-12)15(18)10-13-7-3-8-14(13)16;/h12-14H,2-11,16H2,1H3;1H/t12?,13-,14+;/m0./s1. The normalized spacial score (nSPS) is 31.1. The molecule has 0 aromatic rings. The summed E-state index contributed by atoms with van der Waals surface area (Å²) in [6.45, 7) is 4.20. The molecule has 19 heavy (non-hydrogen) atoms. The summed E-state index contributed by atoms with van der Waals surface area (Å²) < 4.78 is 0. The average molecular weight is 289 g/mol. The molecule has 112 valence electrons. The Kier molecular flexibility index (Phi) is 7.16. The summed E-state index contributed by atoms with van der Waals surface area (Å²) in [7, 11) is 0. The van der Waals surface area contributed by atoms with E-state index in [1.807, 2.05) is 0 Å². The Morgan fingerprint density at radius 1 is 1.26 bits per heavy atom. The number of halogens is 1. The number of carbonyl (C=O) groups is 1. The maximum absolute atomic E-state index is 12.3. The average Bonchev–Trinajstić information content (AvgIpc) is 2.76. The highest BCUT2D eigenvalue weighted by Crippen LogP contribution is 2.28. The van der Waals surface area contributed by atoms with Crippen LogP contribution in [0, 0.1) is 11.8 Å². The third-order valence-corrected chi connectivity index (χ3v) is 4.72. The van der Waals surface area contributed by atoms with Crippen molar-refractivity contribution in [1.29, 1.82) is 0 Å². The lowest BCUT2D eigenvalue weighted by atomic mass is 9.92. The van der Waals surface area contributed by atoms with Crippen molar-refractivity contribution in [3.63, 3.8) is 0 Å². The first-order valence-corrected chi connectivity index (χ1v) is 7.74. The van der Waals surface area contributed by atoms with Gasteiger partial charge in [-0.2, -0.15) is 0 Å². The van der Waals surface area contributed by atoms with E-state index in [9.17, 15) is 4.79 Å². The zero-order valence-corrected chi connectivity index (χ0v) is 13.0. The zero-order valence-electron chi connectivity index (χ0n) is 12.1. The van der Waals surface area contributed by atoms with Gasteiger partial charge in [-0.25, -0.2) is 0 Å². The van der Waals surface area contributed by atoms with Gasteiger partial charge in [0.1, 0.15) is 0 Å². The maximum atomic E-state index is 12.3. The van der Waals surface area contributed by atoms with Gasteiger partial charge in [0.2, 0.25) is 5.91 Å². The van der Waals surface area contributed by atoms with Gasteiger partial charge in [-0.05, 0) is 43.9 Å². The van der Waals surface area contributed by atoms with Crippen LogP contribution in [0.15, 0.2) is 0 Å². The number of hydrogen-bond donors (Lipinski definition) is 1. The van der Waals surface area contributed by atoms with Crippen LogP contribution < -0.4 is 5.73 Å².